The average Bonchev–Trinajstić information content (AvgIpc) is 2.60. The maximum Gasteiger partial charge on any atom is 0.338 e. The predicted octanol–water partition coefficient (Wildman–Crippen LogP) is 3.87. The molecule has 0 fully saturated rings. The maximum atomic E-state index is 12.6. The van der Waals surface area contributed by atoms with Crippen molar-refractivity contribution in [2.75, 3.05) is 11.9 Å². The SMILES string of the molecule is CC(C)(C)OC(=O)c1ccc(NC(=O)c2cccc3c2CCN=C3)cc1. The molecule has 5 nitrogen and oxygen atoms in total. The van der Waals surface area contributed by atoms with E-state index in [-0.39, 0.29) is 11.9 Å². The van der Waals surface area contributed by atoms with Crippen LogP contribution in [0.15, 0.2) is 47.5 Å². The van der Waals surface area contributed by atoms with Crippen molar-refractivity contribution in [3.05, 3.63) is 64.7 Å². The topological polar surface area (TPSA) is 67.8 Å². The summed E-state index contributed by atoms with van der Waals surface area (Å²) in [6.45, 7) is 6.17. The number of hydrogen-bond donors (Lipinski definition) is 1. The minimum atomic E-state index is -0.542. The Balaban J connectivity index is 1.73. The number of ether oxygens (including phenoxy) is 1. The quantitative estimate of drug-likeness (QED) is 0.855. The van der Waals surface area contributed by atoms with Crippen LogP contribution in [0.2, 0.25) is 0 Å². The van der Waals surface area contributed by atoms with Crippen molar-refractivity contribution in [1.82, 2.24) is 0 Å². The molecule has 1 N–H and O–H groups in total. The summed E-state index contributed by atoms with van der Waals surface area (Å²) < 4.78 is 5.34. The molecule has 1 heterocycles. The Bertz CT molecular complexity index is 862. The van der Waals surface area contributed by atoms with Gasteiger partial charge < -0.3 is 10.1 Å². The number of carbonyl (C=O) groups excluding carboxylic acids is 2. The number of fused-ring (bicyclic) bond motifs is 1. The molecule has 2 aromatic rings. The molecule has 0 saturated carbocycles. The molecule has 0 spiro atoms. The third kappa shape index (κ3) is 4.17. The van der Waals surface area contributed by atoms with Crippen molar-refractivity contribution in [2.24, 2.45) is 4.99 Å². The molecular weight excluding hydrogens is 328 g/mol. The van der Waals surface area contributed by atoms with Crippen molar-refractivity contribution in [1.29, 1.82) is 0 Å². The average molecular weight is 350 g/mol. The zero-order valence-corrected chi connectivity index (χ0v) is 15.2. The van der Waals surface area contributed by atoms with Gasteiger partial charge >= 0.3 is 5.97 Å². The maximum absolute atomic E-state index is 12.6. The van der Waals surface area contributed by atoms with Crippen LogP contribution in [-0.2, 0) is 11.2 Å². The third-order valence-electron chi connectivity index (χ3n) is 3.96. The van der Waals surface area contributed by atoms with E-state index in [1.54, 1.807) is 24.3 Å². The second kappa shape index (κ2) is 7.12. The van der Waals surface area contributed by atoms with E-state index in [9.17, 15) is 9.59 Å². The summed E-state index contributed by atoms with van der Waals surface area (Å²) in [7, 11) is 0. The van der Waals surface area contributed by atoms with Crippen molar-refractivity contribution >= 4 is 23.8 Å². The Kier molecular flexibility index (Phi) is 4.89. The van der Waals surface area contributed by atoms with Gasteiger partial charge in [-0.3, -0.25) is 9.79 Å². The zero-order valence-electron chi connectivity index (χ0n) is 15.2. The number of rotatable bonds is 3. The highest BCUT2D eigenvalue weighted by Crippen LogP contribution is 2.20. The first-order valence-electron chi connectivity index (χ1n) is 8.60. The van der Waals surface area contributed by atoms with E-state index < -0.39 is 5.60 Å². The first-order valence-corrected chi connectivity index (χ1v) is 8.60. The van der Waals surface area contributed by atoms with Crippen LogP contribution >= 0.6 is 0 Å². The lowest BCUT2D eigenvalue weighted by molar-refractivity contribution is 0.00695. The van der Waals surface area contributed by atoms with Gasteiger partial charge in [-0.25, -0.2) is 4.79 Å². The van der Waals surface area contributed by atoms with Crippen molar-refractivity contribution < 1.29 is 14.3 Å². The molecule has 0 bridgehead atoms. The second-order valence-corrected chi connectivity index (χ2v) is 7.19. The van der Waals surface area contributed by atoms with E-state index in [4.69, 9.17) is 4.74 Å². The number of carbonyl (C=O) groups is 2. The van der Waals surface area contributed by atoms with Gasteiger partial charge in [-0.2, -0.15) is 0 Å². The van der Waals surface area contributed by atoms with Crippen LogP contribution in [0.4, 0.5) is 5.69 Å². The number of hydrogen-bond acceptors (Lipinski definition) is 4. The summed E-state index contributed by atoms with van der Waals surface area (Å²) in [5.41, 5.74) is 3.20. The highest BCUT2D eigenvalue weighted by atomic mass is 16.6. The minimum absolute atomic E-state index is 0.165. The molecule has 2 aromatic carbocycles. The lowest BCUT2D eigenvalue weighted by Crippen LogP contribution is -2.23. The lowest BCUT2D eigenvalue weighted by atomic mass is 9.96. The summed E-state index contributed by atoms with van der Waals surface area (Å²) in [5.74, 6) is -0.547. The summed E-state index contributed by atoms with van der Waals surface area (Å²) in [5, 5.41) is 2.89. The molecule has 1 aliphatic rings. The van der Waals surface area contributed by atoms with Gasteiger partial charge in [-0.15, -0.1) is 0 Å². The largest absolute Gasteiger partial charge is 0.456 e. The third-order valence-corrected chi connectivity index (χ3v) is 3.96. The molecule has 0 aromatic heterocycles. The van der Waals surface area contributed by atoms with Gasteiger partial charge in [0.1, 0.15) is 5.60 Å². The van der Waals surface area contributed by atoms with E-state index in [1.807, 2.05) is 45.2 Å². The molecule has 1 aliphatic heterocycles. The molecule has 0 unspecified atom stereocenters. The van der Waals surface area contributed by atoms with Gasteiger partial charge in [0, 0.05) is 24.0 Å². The number of amides is 1. The Morgan fingerprint density at radius 2 is 1.81 bits per heavy atom. The Morgan fingerprint density at radius 1 is 1.08 bits per heavy atom. The van der Waals surface area contributed by atoms with Gasteiger partial charge in [0.05, 0.1) is 5.56 Å². The Hall–Kier alpha value is -2.95. The van der Waals surface area contributed by atoms with E-state index in [2.05, 4.69) is 10.3 Å². The van der Waals surface area contributed by atoms with Crippen LogP contribution < -0.4 is 5.32 Å². The molecule has 5 heteroatoms. The highest BCUT2D eigenvalue weighted by Gasteiger charge is 2.18. The molecule has 26 heavy (non-hydrogen) atoms. The van der Waals surface area contributed by atoms with Crippen LogP contribution in [0.3, 0.4) is 0 Å². The second-order valence-electron chi connectivity index (χ2n) is 7.19. The van der Waals surface area contributed by atoms with E-state index in [1.165, 1.54) is 0 Å². The van der Waals surface area contributed by atoms with Gasteiger partial charge in [0.25, 0.3) is 5.91 Å². The molecule has 0 saturated heterocycles. The molecule has 0 radical (unpaired) electrons. The lowest BCUT2D eigenvalue weighted by Gasteiger charge is -2.19. The number of anilines is 1. The number of benzene rings is 2. The fourth-order valence-electron chi connectivity index (χ4n) is 2.78. The number of aliphatic imine (C=N–C) groups is 1. The van der Waals surface area contributed by atoms with Gasteiger partial charge in [0.15, 0.2) is 0 Å². The van der Waals surface area contributed by atoms with E-state index >= 15 is 0 Å². The van der Waals surface area contributed by atoms with Gasteiger partial charge in [-0.05, 0) is 68.7 Å². The number of nitrogens with zero attached hydrogens (tertiary/aromatic N) is 1. The summed E-state index contributed by atoms with van der Waals surface area (Å²) in [6.07, 6.45) is 2.57. The molecular formula is C21H22N2O3. The monoisotopic (exact) mass is 350 g/mol. The molecule has 0 atom stereocenters. The zero-order chi connectivity index (χ0) is 18.7. The number of nitrogens with one attached hydrogen (secondary N) is 1. The van der Waals surface area contributed by atoms with Crippen molar-refractivity contribution in [2.45, 2.75) is 32.8 Å². The van der Waals surface area contributed by atoms with Crippen LogP contribution in [-0.4, -0.2) is 30.2 Å². The normalized spacial score (nSPS) is 13.0. The van der Waals surface area contributed by atoms with Gasteiger partial charge in [-0.1, -0.05) is 12.1 Å². The smallest absolute Gasteiger partial charge is 0.338 e. The standard InChI is InChI=1S/C21H22N2O3/c1-21(2,3)26-20(25)14-7-9-16(10-8-14)23-19(24)18-6-4-5-15-13-22-12-11-17(15)18/h4-10,13H,11-12H2,1-3H3,(H,23,24). The van der Waals surface area contributed by atoms with Crippen molar-refractivity contribution in [3.8, 4) is 0 Å². The summed E-state index contributed by atoms with van der Waals surface area (Å²) in [6, 6.07) is 12.3. The van der Waals surface area contributed by atoms with Crippen LogP contribution in [0.5, 0.6) is 0 Å². The van der Waals surface area contributed by atoms with Crippen LogP contribution in [0, 0.1) is 0 Å². The van der Waals surface area contributed by atoms with E-state index in [0.29, 0.717) is 23.4 Å². The van der Waals surface area contributed by atoms with Gasteiger partial charge in [0.2, 0.25) is 0 Å². The summed E-state index contributed by atoms with van der Waals surface area (Å²) in [4.78, 5) is 29.0. The molecule has 1 amide bonds. The highest BCUT2D eigenvalue weighted by molar-refractivity contribution is 6.07. The molecule has 3 rings (SSSR count). The predicted molar refractivity (Wildman–Crippen MR) is 102 cm³/mol. The fraction of sp³-hybridized carbons (Fsp3) is 0.286. The van der Waals surface area contributed by atoms with Crippen molar-refractivity contribution in [3.63, 3.8) is 0 Å². The van der Waals surface area contributed by atoms with Crippen LogP contribution in [0.1, 0.15) is 52.6 Å². The minimum Gasteiger partial charge on any atom is -0.456 e. The molecule has 134 valence electrons. The Morgan fingerprint density at radius 3 is 2.50 bits per heavy atom. The number of esters is 1. The van der Waals surface area contributed by atoms with Crippen LogP contribution in [0.25, 0.3) is 0 Å². The van der Waals surface area contributed by atoms with E-state index in [0.717, 1.165) is 17.5 Å². The fourth-order valence-corrected chi connectivity index (χ4v) is 2.78. The molecule has 0 aliphatic carbocycles. The summed E-state index contributed by atoms with van der Waals surface area (Å²) >= 11 is 0. The first kappa shape index (κ1) is 17.9. The first-order chi connectivity index (χ1) is 12.3. The Labute approximate surface area is 153 Å².